The number of unbranched alkanes of at least 4 members (excludes halogenated alkanes) is 1. The van der Waals surface area contributed by atoms with E-state index < -0.39 is 0 Å². The average molecular weight is 167 g/mol. The molecule has 3 nitrogen and oxygen atoms in total. The topological polar surface area (TPSA) is 29.9 Å². The van der Waals surface area contributed by atoms with E-state index >= 15 is 0 Å². The van der Waals surface area contributed by atoms with Crippen molar-refractivity contribution >= 4 is 0 Å². The highest BCUT2D eigenvalue weighted by molar-refractivity contribution is 5.02. The predicted molar refractivity (Wildman–Crippen MR) is 49.8 cm³/mol. The van der Waals surface area contributed by atoms with Crippen LogP contribution in [0.5, 0.6) is 0 Å². The lowest BCUT2D eigenvalue weighted by molar-refractivity contribution is 0.641. The third-order valence-corrected chi connectivity index (χ3v) is 1.79. The Labute approximate surface area is 73.8 Å². The highest BCUT2D eigenvalue weighted by Crippen LogP contribution is 1.94. The zero-order chi connectivity index (χ0) is 8.81. The minimum absolute atomic E-state index is 0.938. The molecule has 0 saturated heterocycles. The van der Waals surface area contributed by atoms with Gasteiger partial charge in [0.1, 0.15) is 0 Å². The van der Waals surface area contributed by atoms with E-state index in [4.69, 9.17) is 0 Å². The van der Waals surface area contributed by atoms with Crippen LogP contribution in [0.25, 0.3) is 0 Å². The molecule has 0 unspecified atom stereocenters. The summed E-state index contributed by atoms with van der Waals surface area (Å²) in [6, 6.07) is 0. The maximum Gasteiger partial charge on any atom is 0.0534 e. The van der Waals surface area contributed by atoms with Gasteiger partial charge in [-0.2, -0.15) is 5.10 Å². The third kappa shape index (κ3) is 3.05. The number of aryl methyl sites for hydroxylation is 1. The van der Waals surface area contributed by atoms with E-state index in [9.17, 15) is 0 Å². The fraction of sp³-hybridized carbons (Fsp3) is 0.667. The number of hydrogen-bond acceptors (Lipinski definition) is 2. The van der Waals surface area contributed by atoms with Gasteiger partial charge in [0.05, 0.1) is 6.20 Å². The Morgan fingerprint density at radius 2 is 2.42 bits per heavy atom. The van der Waals surface area contributed by atoms with Crippen LogP contribution in [0.15, 0.2) is 12.4 Å². The summed E-state index contributed by atoms with van der Waals surface area (Å²) in [4.78, 5) is 0. The van der Waals surface area contributed by atoms with Gasteiger partial charge in [0.2, 0.25) is 0 Å². The standard InChI is InChI=1S/C9H17N3/c1-3-4-5-10-6-9-7-11-12(2)8-9/h7-8,10H,3-6H2,1-2H3. The molecule has 1 N–H and O–H groups in total. The molecule has 0 aliphatic carbocycles. The van der Waals surface area contributed by atoms with Gasteiger partial charge in [-0.3, -0.25) is 4.68 Å². The van der Waals surface area contributed by atoms with Gasteiger partial charge in [0.15, 0.2) is 0 Å². The van der Waals surface area contributed by atoms with Crippen LogP contribution in [0.4, 0.5) is 0 Å². The number of hydrogen-bond donors (Lipinski definition) is 1. The Balaban J connectivity index is 2.15. The van der Waals surface area contributed by atoms with Crippen molar-refractivity contribution in [1.82, 2.24) is 15.1 Å². The van der Waals surface area contributed by atoms with Crippen molar-refractivity contribution in [3.05, 3.63) is 18.0 Å². The Hall–Kier alpha value is -0.830. The molecule has 0 aliphatic heterocycles. The van der Waals surface area contributed by atoms with Crippen LogP contribution in [0.2, 0.25) is 0 Å². The molecule has 3 heteroatoms. The van der Waals surface area contributed by atoms with Crippen LogP contribution < -0.4 is 5.32 Å². The molecule has 0 amide bonds. The molecule has 0 bridgehead atoms. The molecule has 1 heterocycles. The van der Waals surface area contributed by atoms with Gasteiger partial charge in [0.25, 0.3) is 0 Å². The van der Waals surface area contributed by atoms with E-state index in [1.807, 2.05) is 24.1 Å². The lowest BCUT2D eigenvalue weighted by Crippen LogP contribution is -2.13. The first kappa shape index (κ1) is 9.26. The largest absolute Gasteiger partial charge is 0.313 e. The molecule has 1 aromatic heterocycles. The second-order valence-corrected chi connectivity index (χ2v) is 3.05. The van der Waals surface area contributed by atoms with E-state index in [0.717, 1.165) is 13.1 Å². The Morgan fingerprint density at radius 1 is 1.58 bits per heavy atom. The van der Waals surface area contributed by atoms with E-state index in [1.54, 1.807) is 0 Å². The van der Waals surface area contributed by atoms with Crippen molar-refractivity contribution in [3.8, 4) is 0 Å². The monoisotopic (exact) mass is 167 g/mol. The van der Waals surface area contributed by atoms with Crippen LogP contribution in [0.3, 0.4) is 0 Å². The quantitative estimate of drug-likeness (QED) is 0.670. The maximum atomic E-state index is 4.09. The molecular formula is C9H17N3. The number of aromatic nitrogens is 2. The van der Waals surface area contributed by atoms with E-state index in [1.165, 1.54) is 18.4 Å². The van der Waals surface area contributed by atoms with Crippen LogP contribution in [-0.2, 0) is 13.6 Å². The molecule has 0 radical (unpaired) electrons. The van der Waals surface area contributed by atoms with Crippen molar-refractivity contribution in [2.75, 3.05) is 6.54 Å². The summed E-state index contributed by atoms with van der Waals surface area (Å²) in [7, 11) is 1.94. The smallest absolute Gasteiger partial charge is 0.0534 e. The van der Waals surface area contributed by atoms with Gasteiger partial charge in [-0.25, -0.2) is 0 Å². The zero-order valence-electron chi connectivity index (χ0n) is 7.88. The summed E-state index contributed by atoms with van der Waals surface area (Å²) in [6.07, 6.45) is 6.44. The van der Waals surface area contributed by atoms with Gasteiger partial charge in [-0.15, -0.1) is 0 Å². The number of rotatable bonds is 5. The Bertz CT molecular complexity index is 217. The van der Waals surface area contributed by atoms with Crippen molar-refractivity contribution in [1.29, 1.82) is 0 Å². The second-order valence-electron chi connectivity index (χ2n) is 3.05. The summed E-state index contributed by atoms with van der Waals surface area (Å²) in [5, 5.41) is 7.45. The summed E-state index contributed by atoms with van der Waals surface area (Å²) < 4.78 is 1.83. The fourth-order valence-corrected chi connectivity index (χ4v) is 1.10. The van der Waals surface area contributed by atoms with Gasteiger partial charge < -0.3 is 5.32 Å². The normalized spacial score (nSPS) is 10.5. The van der Waals surface area contributed by atoms with Gasteiger partial charge >= 0.3 is 0 Å². The molecule has 1 rings (SSSR count). The molecule has 0 fully saturated rings. The summed E-state index contributed by atoms with van der Waals surface area (Å²) in [5.74, 6) is 0. The highest BCUT2D eigenvalue weighted by Gasteiger charge is 1.93. The van der Waals surface area contributed by atoms with Crippen LogP contribution in [0, 0.1) is 0 Å². The van der Waals surface area contributed by atoms with Crippen LogP contribution >= 0.6 is 0 Å². The molecule has 0 aliphatic rings. The van der Waals surface area contributed by atoms with Crippen LogP contribution in [0.1, 0.15) is 25.3 Å². The molecule has 0 atom stereocenters. The first-order valence-electron chi connectivity index (χ1n) is 4.51. The van der Waals surface area contributed by atoms with Crippen molar-refractivity contribution in [3.63, 3.8) is 0 Å². The first-order chi connectivity index (χ1) is 5.83. The minimum atomic E-state index is 0.938. The predicted octanol–water partition coefficient (Wildman–Crippen LogP) is 1.31. The van der Waals surface area contributed by atoms with Gasteiger partial charge in [0, 0.05) is 25.4 Å². The van der Waals surface area contributed by atoms with Crippen molar-refractivity contribution in [2.45, 2.75) is 26.3 Å². The van der Waals surface area contributed by atoms with Crippen molar-refractivity contribution < 1.29 is 0 Å². The van der Waals surface area contributed by atoms with Gasteiger partial charge in [-0.05, 0) is 13.0 Å². The summed E-state index contributed by atoms with van der Waals surface area (Å²) in [6.45, 7) is 4.24. The molecule has 0 saturated carbocycles. The third-order valence-electron chi connectivity index (χ3n) is 1.79. The Kier molecular flexibility index (Phi) is 3.80. The minimum Gasteiger partial charge on any atom is -0.313 e. The molecule has 0 spiro atoms. The lowest BCUT2D eigenvalue weighted by atomic mass is 10.3. The van der Waals surface area contributed by atoms with Gasteiger partial charge in [-0.1, -0.05) is 13.3 Å². The molecular weight excluding hydrogens is 150 g/mol. The summed E-state index contributed by atoms with van der Waals surface area (Å²) in [5.41, 5.74) is 1.26. The van der Waals surface area contributed by atoms with E-state index in [2.05, 4.69) is 17.3 Å². The molecule has 68 valence electrons. The number of nitrogens with one attached hydrogen (secondary N) is 1. The molecule has 12 heavy (non-hydrogen) atoms. The fourth-order valence-electron chi connectivity index (χ4n) is 1.10. The average Bonchev–Trinajstić information content (AvgIpc) is 2.45. The maximum absolute atomic E-state index is 4.09. The lowest BCUT2D eigenvalue weighted by Gasteiger charge is -1.99. The zero-order valence-corrected chi connectivity index (χ0v) is 7.88. The first-order valence-corrected chi connectivity index (χ1v) is 4.51. The second kappa shape index (κ2) is 4.93. The van der Waals surface area contributed by atoms with Crippen molar-refractivity contribution in [2.24, 2.45) is 7.05 Å². The van der Waals surface area contributed by atoms with E-state index in [0.29, 0.717) is 0 Å². The molecule has 0 aromatic carbocycles. The van der Waals surface area contributed by atoms with E-state index in [-0.39, 0.29) is 0 Å². The SMILES string of the molecule is CCCCNCc1cnn(C)c1. The Morgan fingerprint density at radius 3 is 3.00 bits per heavy atom. The number of nitrogens with zero attached hydrogens (tertiary/aromatic N) is 2. The highest BCUT2D eigenvalue weighted by atomic mass is 15.2. The van der Waals surface area contributed by atoms with Crippen LogP contribution in [-0.4, -0.2) is 16.3 Å². The molecule has 1 aromatic rings. The summed E-state index contributed by atoms with van der Waals surface area (Å²) >= 11 is 0.